The summed E-state index contributed by atoms with van der Waals surface area (Å²) < 4.78 is 5.89. The highest BCUT2D eigenvalue weighted by Crippen LogP contribution is 2.38. The average molecular weight is 349 g/mol. The maximum Gasteiger partial charge on any atom is 0.251 e. The molecule has 1 saturated heterocycles. The molecule has 1 saturated carbocycles. The summed E-state index contributed by atoms with van der Waals surface area (Å²) in [6.07, 6.45) is 6.27. The normalized spacial score (nSPS) is 29.2. The molecular formula is C19H28N2O2S. The van der Waals surface area contributed by atoms with Gasteiger partial charge in [-0.3, -0.25) is 4.79 Å². The molecule has 1 aliphatic carbocycles. The number of nitrogens with one attached hydrogen (secondary N) is 1. The number of ether oxygens (including phenoxy) is 1. The second kappa shape index (κ2) is 7.34. The van der Waals surface area contributed by atoms with Gasteiger partial charge < -0.3 is 10.1 Å². The maximum atomic E-state index is 12.6. The highest BCUT2D eigenvalue weighted by Gasteiger charge is 2.32. The smallest absolute Gasteiger partial charge is 0.251 e. The molecule has 1 amide bonds. The summed E-state index contributed by atoms with van der Waals surface area (Å²) in [6, 6.07) is 3.79. The van der Waals surface area contributed by atoms with Crippen molar-refractivity contribution in [1.29, 1.82) is 0 Å². The Morgan fingerprint density at radius 2 is 2.25 bits per heavy atom. The lowest BCUT2D eigenvalue weighted by Gasteiger charge is -2.39. The molecule has 3 rings (SSSR count). The molecule has 3 unspecified atom stereocenters. The summed E-state index contributed by atoms with van der Waals surface area (Å²) in [6.45, 7) is 6.86. The molecule has 5 heteroatoms. The van der Waals surface area contributed by atoms with Crippen LogP contribution in [0, 0.1) is 11.3 Å². The Labute approximate surface area is 149 Å². The van der Waals surface area contributed by atoms with E-state index in [-0.39, 0.29) is 18.1 Å². The van der Waals surface area contributed by atoms with E-state index in [9.17, 15) is 4.79 Å². The summed E-state index contributed by atoms with van der Waals surface area (Å²) in [7, 11) is 0. The Morgan fingerprint density at radius 1 is 1.42 bits per heavy atom. The minimum Gasteiger partial charge on any atom is -0.473 e. The minimum absolute atomic E-state index is 0.0158. The van der Waals surface area contributed by atoms with Crippen molar-refractivity contribution in [3.05, 3.63) is 23.9 Å². The van der Waals surface area contributed by atoms with E-state index in [4.69, 9.17) is 4.74 Å². The summed E-state index contributed by atoms with van der Waals surface area (Å²) in [4.78, 5) is 16.9. The quantitative estimate of drug-likeness (QED) is 0.896. The number of hydrogen-bond donors (Lipinski definition) is 1. The Hall–Kier alpha value is -1.23. The van der Waals surface area contributed by atoms with Crippen LogP contribution < -0.4 is 10.1 Å². The van der Waals surface area contributed by atoms with Gasteiger partial charge >= 0.3 is 0 Å². The molecule has 2 heterocycles. The Kier molecular flexibility index (Phi) is 5.38. The number of hydrogen-bond acceptors (Lipinski definition) is 4. The number of aromatic nitrogens is 1. The standard InChI is InChI=1S/C19H28N2O2S/c1-13-8-15(11-19(2,3)10-13)21-18(22)14-4-6-20-17(9-14)23-16-5-7-24-12-16/h4,6,9,13,15-16H,5,7-8,10-12H2,1-3H3,(H,21,22). The van der Waals surface area contributed by atoms with Crippen molar-refractivity contribution in [3.8, 4) is 5.88 Å². The van der Waals surface area contributed by atoms with Crippen LogP contribution in [0.25, 0.3) is 0 Å². The molecule has 1 aromatic rings. The molecule has 132 valence electrons. The zero-order chi connectivity index (χ0) is 17.2. The molecule has 2 fully saturated rings. The van der Waals surface area contributed by atoms with Crippen LogP contribution in [0.15, 0.2) is 18.3 Å². The first kappa shape index (κ1) is 17.6. The van der Waals surface area contributed by atoms with Crippen molar-refractivity contribution < 1.29 is 9.53 Å². The number of amides is 1. The van der Waals surface area contributed by atoms with E-state index in [1.807, 2.05) is 11.8 Å². The third-order valence-corrected chi connectivity index (χ3v) is 6.03. The van der Waals surface area contributed by atoms with Gasteiger partial charge in [0, 0.05) is 29.6 Å². The SMILES string of the molecule is CC1CC(NC(=O)c2ccnc(OC3CCSC3)c2)CC(C)(C)C1. The van der Waals surface area contributed by atoms with Crippen molar-refractivity contribution in [1.82, 2.24) is 10.3 Å². The highest BCUT2D eigenvalue weighted by atomic mass is 32.2. The van der Waals surface area contributed by atoms with E-state index in [0.717, 1.165) is 30.8 Å². The Morgan fingerprint density at radius 3 is 2.96 bits per heavy atom. The summed E-state index contributed by atoms with van der Waals surface area (Å²) in [5.41, 5.74) is 0.934. The van der Waals surface area contributed by atoms with Gasteiger partial charge in [0.2, 0.25) is 5.88 Å². The molecule has 2 aliphatic rings. The average Bonchev–Trinajstić information content (AvgIpc) is 2.98. The predicted molar refractivity (Wildman–Crippen MR) is 98.6 cm³/mol. The number of carbonyl (C=O) groups is 1. The van der Waals surface area contributed by atoms with Gasteiger partial charge in [-0.25, -0.2) is 4.98 Å². The van der Waals surface area contributed by atoms with Gasteiger partial charge in [0.25, 0.3) is 5.91 Å². The highest BCUT2D eigenvalue weighted by molar-refractivity contribution is 7.99. The van der Waals surface area contributed by atoms with Crippen LogP contribution in [0.1, 0.15) is 56.8 Å². The van der Waals surface area contributed by atoms with Crippen molar-refractivity contribution >= 4 is 17.7 Å². The molecule has 1 aliphatic heterocycles. The van der Waals surface area contributed by atoms with Gasteiger partial charge in [0.15, 0.2) is 0 Å². The second-order valence-electron chi connectivity index (χ2n) is 8.07. The van der Waals surface area contributed by atoms with Crippen LogP contribution in [-0.2, 0) is 0 Å². The summed E-state index contributed by atoms with van der Waals surface area (Å²) in [5, 5.41) is 3.22. The van der Waals surface area contributed by atoms with Crippen LogP contribution in [0.5, 0.6) is 5.88 Å². The summed E-state index contributed by atoms with van der Waals surface area (Å²) in [5.74, 6) is 3.34. The second-order valence-corrected chi connectivity index (χ2v) is 9.22. The molecule has 1 aromatic heterocycles. The predicted octanol–water partition coefficient (Wildman–Crippen LogP) is 3.91. The van der Waals surface area contributed by atoms with Crippen molar-refractivity contribution in [2.75, 3.05) is 11.5 Å². The van der Waals surface area contributed by atoms with Crippen molar-refractivity contribution in [2.24, 2.45) is 11.3 Å². The molecule has 0 aromatic carbocycles. The Bertz CT molecular complexity index is 584. The maximum absolute atomic E-state index is 12.6. The van der Waals surface area contributed by atoms with Gasteiger partial charge in [0.1, 0.15) is 6.10 Å². The van der Waals surface area contributed by atoms with Gasteiger partial charge in [-0.05, 0) is 48.8 Å². The topological polar surface area (TPSA) is 51.2 Å². The lowest BCUT2D eigenvalue weighted by Crippen LogP contribution is -2.43. The van der Waals surface area contributed by atoms with Gasteiger partial charge in [-0.15, -0.1) is 0 Å². The van der Waals surface area contributed by atoms with E-state index in [1.165, 1.54) is 6.42 Å². The fraction of sp³-hybridized carbons (Fsp3) is 0.684. The molecule has 0 spiro atoms. The van der Waals surface area contributed by atoms with Crippen LogP contribution in [-0.4, -0.2) is 34.5 Å². The zero-order valence-corrected chi connectivity index (χ0v) is 15.7. The van der Waals surface area contributed by atoms with Crippen LogP contribution in [0.3, 0.4) is 0 Å². The van der Waals surface area contributed by atoms with E-state index in [2.05, 4.69) is 31.1 Å². The van der Waals surface area contributed by atoms with E-state index < -0.39 is 0 Å². The van der Waals surface area contributed by atoms with E-state index >= 15 is 0 Å². The molecule has 4 nitrogen and oxygen atoms in total. The van der Waals surface area contributed by atoms with Crippen LogP contribution >= 0.6 is 11.8 Å². The molecule has 0 radical (unpaired) electrons. The molecule has 24 heavy (non-hydrogen) atoms. The first-order valence-corrected chi connectivity index (χ1v) is 10.1. The molecule has 3 atom stereocenters. The third-order valence-electron chi connectivity index (χ3n) is 4.89. The number of carbonyl (C=O) groups excluding carboxylic acids is 1. The number of nitrogens with zero attached hydrogens (tertiary/aromatic N) is 1. The van der Waals surface area contributed by atoms with E-state index in [1.54, 1.807) is 18.3 Å². The van der Waals surface area contributed by atoms with Crippen LogP contribution in [0.4, 0.5) is 0 Å². The molecule has 1 N–H and O–H groups in total. The Balaban J connectivity index is 1.62. The number of pyridine rings is 1. The first-order chi connectivity index (χ1) is 11.4. The fourth-order valence-electron chi connectivity index (χ4n) is 4.12. The van der Waals surface area contributed by atoms with Gasteiger partial charge in [0.05, 0.1) is 0 Å². The van der Waals surface area contributed by atoms with Crippen molar-refractivity contribution in [2.45, 2.75) is 58.6 Å². The lowest BCUT2D eigenvalue weighted by molar-refractivity contribution is 0.0873. The monoisotopic (exact) mass is 348 g/mol. The minimum atomic E-state index is -0.0158. The summed E-state index contributed by atoms with van der Waals surface area (Å²) >= 11 is 1.90. The lowest BCUT2D eigenvalue weighted by atomic mass is 9.70. The fourth-order valence-corrected chi connectivity index (χ4v) is 5.21. The van der Waals surface area contributed by atoms with Gasteiger partial charge in [-0.2, -0.15) is 11.8 Å². The largest absolute Gasteiger partial charge is 0.473 e. The number of thioether (sulfide) groups is 1. The van der Waals surface area contributed by atoms with Crippen molar-refractivity contribution in [3.63, 3.8) is 0 Å². The van der Waals surface area contributed by atoms with Crippen LogP contribution in [0.2, 0.25) is 0 Å². The molecule has 0 bridgehead atoms. The number of rotatable bonds is 4. The van der Waals surface area contributed by atoms with E-state index in [0.29, 0.717) is 22.8 Å². The van der Waals surface area contributed by atoms with Gasteiger partial charge in [-0.1, -0.05) is 20.8 Å². The molecular weight excluding hydrogens is 320 g/mol. The zero-order valence-electron chi connectivity index (χ0n) is 14.9. The third kappa shape index (κ3) is 4.65. The first-order valence-electron chi connectivity index (χ1n) is 8.93.